The van der Waals surface area contributed by atoms with Crippen molar-refractivity contribution in [2.45, 2.75) is 20.3 Å². The van der Waals surface area contributed by atoms with E-state index in [0.29, 0.717) is 35.7 Å². The van der Waals surface area contributed by atoms with E-state index >= 15 is 0 Å². The molecule has 0 amide bonds. The van der Waals surface area contributed by atoms with Gasteiger partial charge >= 0.3 is 0 Å². The first-order valence-electron chi connectivity index (χ1n) is 9.53. The third-order valence-corrected chi connectivity index (χ3v) is 4.95. The molecule has 0 bridgehead atoms. The van der Waals surface area contributed by atoms with Crippen molar-refractivity contribution < 1.29 is 4.74 Å². The molecule has 0 fully saturated rings. The van der Waals surface area contributed by atoms with Crippen molar-refractivity contribution in [1.29, 1.82) is 5.26 Å². The van der Waals surface area contributed by atoms with Crippen molar-refractivity contribution in [2.24, 2.45) is 7.05 Å². The maximum atomic E-state index is 9.85. The average Bonchev–Trinajstić information content (AvgIpc) is 3.09. The summed E-state index contributed by atoms with van der Waals surface area (Å²) in [6.45, 7) is 4.42. The van der Waals surface area contributed by atoms with Crippen LogP contribution in [0.3, 0.4) is 0 Å². The highest BCUT2D eigenvalue weighted by molar-refractivity contribution is 6.00. The maximum absolute atomic E-state index is 9.85. The number of nitrogens with two attached hydrogens (primary N) is 1. The molecule has 0 saturated heterocycles. The van der Waals surface area contributed by atoms with E-state index in [1.807, 2.05) is 62.1 Å². The molecule has 0 aliphatic heterocycles. The van der Waals surface area contributed by atoms with Gasteiger partial charge in [0, 0.05) is 29.6 Å². The van der Waals surface area contributed by atoms with E-state index in [1.54, 1.807) is 0 Å². The van der Waals surface area contributed by atoms with Gasteiger partial charge in [0.2, 0.25) is 0 Å². The molecule has 0 saturated carbocycles. The van der Waals surface area contributed by atoms with Crippen LogP contribution in [-0.4, -0.2) is 21.4 Å². The Kier molecular flexibility index (Phi) is 4.69. The molecule has 7 nitrogen and oxygen atoms in total. The molecule has 146 valence electrons. The van der Waals surface area contributed by atoms with Crippen molar-refractivity contribution in [3.63, 3.8) is 0 Å². The topological polar surface area (TPSA) is 102 Å². The molecule has 7 heteroatoms. The van der Waals surface area contributed by atoms with Gasteiger partial charge in [0.25, 0.3) is 0 Å². The van der Waals surface area contributed by atoms with Gasteiger partial charge < -0.3 is 15.8 Å². The van der Waals surface area contributed by atoms with E-state index < -0.39 is 0 Å². The van der Waals surface area contributed by atoms with Crippen molar-refractivity contribution >= 4 is 38.9 Å². The van der Waals surface area contributed by atoms with Crippen LogP contribution in [-0.2, 0) is 13.5 Å². The summed E-state index contributed by atoms with van der Waals surface area (Å²) in [5.74, 6) is 0.599. The number of anilines is 3. The van der Waals surface area contributed by atoms with Crippen molar-refractivity contribution in [3.8, 4) is 11.8 Å². The predicted octanol–water partition coefficient (Wildman–Crippen LogP) is 4.28. The van der Waals surface area contributed by atoms with Crippen LogP contribution < -0.4 is 15.8 Å². The number of aromatic nitrogens is 3. The molecular formula is C22H22N6O. The zero-order valence-corrected chi connectivity index (χ0v) is 16.7. The minimum Gasteiger partial charge on any atom is -0.492 e. The summed E-state index contributed by atoms with van der Waals surface area (Å²) in [6.07, 6.45) is 2.46. The molecule has 2 aromatic heterocycles. The van der Waals surface area contributed by atoms with Gasteiger partial charge in [-0.05, 0) is 37.6 Å². The molecule has 0 aliphatic rings. The Morgan fingerprint density at radius 3 is 2.79 bits per heavy atom. The van der Waals surface area contributed by atoms with E-state index in [4.69, 9.17) is 15.5 Å². The summed E-state index contributed by atoms with van der Waals surface area (Å²) >= 11 is 0. The van der Waals surface area contributed by atoms with Gasteiger partial charge in [0.15, 0.2) is 0 Å². The molecule has 3 N–H and O–H groups in total. The Labute approximate surface area is 168 Å². The fraction of sp³-hybridized carbons (Fsp3) is 0.227. The summed E-state index contributed by atoms with van der Waals surface area (Å²) in [5.41, 5.74) is 11.3. The molecule has 4 rings (SSSR count). The second-order valence-corrected chi connectivity index (χ2v) is 6.78. The lowest BCUT2D eigenvalue weighted by Crippen LogP contribution is -2.04. The zero-order valence-electron chi connectivity index (χ0n) is 16.7. The lowest BCUT2D eigenvalue weighted by Gasteiger charge is -2.16. The smallest absolute Gasteiger partial charge is 0.144 e. The molecule has 0 aliphatic carbocycles. The van der Waals surface area contributed by atoms with E-state index in [-0.39, 0.29) is 0 Å². The van der Waals surface area contributed by atoms with Crippen LogP contribution in [0.1, 0.15) is 25.1 Å². The maximum Gasteiger partial charge on any atom is 0.144 e. The van der Waals surface area contributed by atoms with Crippen molar-refractivity contribution in [2.75, 3.05) is 17.7 Å². The SMILES string of the molecule is CCOc1cc2nc(CC)c(C#N)c(Nc3ccc4c(cnn4C)c3)c2cc1N. The third kappa shape index (κ3) is 3.19. The quantitative estimate of drug-likeness (QED) is 0.496. The molecule has 4 aromatic rings. The van der Waals surface area contributed by atoms with Crippen LogP contribution in [0.4, 0.5) is 17.1 Å². The first-order chi connectivity index (χ1) is 14.0. The molecule has 0 radical (unpaired) electrons. The molecule has 29 heavy (non-hydrogen) atoms. The van der Waals surface area contributed by atoms with Gasteiger partial charge in [-0.15, -0.1) is 0 Å². The van der Waals surface area contributed by atoms with Crippen LogP contribution in [0.5, 0.6) is 5.75 Å². The summed E-state index contributed by atoms with van der Waals surface area (Å²) in [7, 11) is 1.91. The average molecular weight is 386 g/mol. The standard InChI is InChI=1S/C22H22N6O/c1-4-18-16(11-23)22(15-9-17(24)21(29-5-2)10-19(15)27-18)26-14-6-7-20-13(8-14)12-25-28(20)3/h6-10,12H,4-5,24H2,1-3H3,(H,26,27). The number of aryl methyl sites for hydroxylation is 2. The first kappa shape index (κ1) is 18.6. The Bertz CT molecular complexity index is 1270. The fourth-order valence-corrected chi connectivity index (χ4v) is 3.53. The zero-order chi connectivity index (χ0) is 20.5. The number of fused-ring (bicyclic) bond motifs is 2. The minimum absolute atomic E-state index is 0.514. The number of hydrogen-bond acceptors (Lipinski definition) is 6. The lowest BCUT2D eigenvalue weighted by molar-refractivity contribution is 0.342. The number of nitrogen functional groups attached to an aromatic ring is 1. The van der Waals surface area contributed by atoms with E-state index in [2.05, 4.69) is 16.5 Å². The van der Waals surface area contributed by atoms with Gasteiger partial charge in [-0.2, -0.15) is 10.4 Å². The second-order valence-electron chi connectivity index (χ2n) is 6.78. The molecule has 2 heterocycles. The van der Waals surface area contributed by atoms with Crippen molar-refractivity contribution in [3.05, 3.63) is 47.8 Å². The third-order valence-electron chi connectivity index (χ3n) is 4.95. The summed E-state index contributed by atoms with van der Waals surface area (Å²) < 4.78 is 7.45. The van der Waals surface area contributed by atoms with Gasteiger partial charge in [0.1, 0.15) is 11.8 Å². The van der Waals surface area contributed by atoms with Crippen LogP contribution in [0.25, 0.3) is 21.8 Å². The monoisotopic (exact) mass is 386 g/mol. The predicted molar refractivity (Wildman–Crippen MR) is 115 cm³/mol. The van der Waals surface area contributed by atoms with Crippen molar-refractivity contribution in [1.82, 2.24) is 14.8 Å². The van der Waals surface area contributed by atoms with E-state index in [1.165, 1.54) is 0 Å². The van der Waals surface area contributed by atoms with E-state index in [9.17, 15) is 5.26 Å². The molecule has 0 unspecified atom stereocenters. The highest BCUT2D eigenvalue weighted by Gasteiger charge is 2.17. The van der Waals surface area contributed by atoms with E-state index in [0.717, 1.165) is 33.2 Å². The number of nitriles is 1. The van der Waals surface area contributed by atoms with Crippen LogP contribution in [0, 0.1) is 11.3 Å². The Morgan fingerprint density at radius 2 is 2.07 bits per heavy atom. The minimum atomic E-state index is 0.514. The number of pyridine rings is 1. The number of nitrogens with zero attached hydrogens (tertiary/aromatic N) is 4. The van der Waals surface area contributed by atoms with Gasteiger partial charge in [0.05, 0.1) is 46.5 Å². The number of rotatable bonds is 5. The Hall–Kier alpha value is -3.79. The number of benzene rings is 2. The summed E-state index contributed by atoms with van der Waals surface area (Å²) in [4.78, 5) is 4.69. The van der Waals surface area contributed by atoms with Gasteiger partial charge in [-0.1, -0.05) is 6.92 Å². The Balaban J connectivity index is 1.92. The highest BCUT2D eigenvalue weighted by atomic mass is 16.5. The van der Waals surface area contributed by atoms with Crippen LogP contribution >= 0.6 is 0 Å². The normalized spacial score (nSPS) is 11.0. The highest BCUT2D eigenvalue weighted by Crippen LogP contribution is 2.36. The largest absolute Gasteiger partial charge is 0.492 e. The molecule has 2 aromatic carbocycles. The first-order valence-corrected chi connectivity index (χ1v) is 9.53. The number of hydrogen-bond donors (Lipinski definition) is 2. The summed E-state index contributed by atoms with van der Waals surface area (Å²) in [6, 6.07) is 12.0. The van der Waals surface area contributed by atoms with Crippen LogP contribution in [0.15, 0.2) is 36.5 Å². The number of ether oxygens (including phenoxy) is 1. The lowest BCUT2D eigenvalue weighted by atomic mass is 10.0. The Morgan fingerprint density at radius 1 is 1.24 bits per heavy atom. The fourth-order valence-electron chi connectivity index (χ4n) is 3.53. The number of nitrogens with one attached hydrogen (secondary N) is 1. The van der Waals surface area contributed by atoms with Gasteiger partial charge in [-0.25, -0.2) is 0 Å². The van der Waals surface area contributed by atoms with Gasteiger partial charge in [-0.3, -0.25) is 9.67 Å². The second kappa shape index (κ2) is 7.32. The summed E-state index contributed by atoms with van der Waals surface area (Å²) in [5, 5.41) is 19.4. The molecule has 0 spiro atoms. The van der Waals surface area contributed by atoms with Crippen LogP contribution in [0.2, 0.25) is 0 Å². The molecular weight excluding hydrogens is 364 g/mol. The molecule has 0 atom stereocenters.